The van der Waals surface area contributed by atoms with Crippen molar-refractivity contribution in [3.8, 4) is 0 Å². The molecule has 0 atom stereocenters. The van der Waals surface area contributed by atoms with Gasteiger partial charge in [-0.1, -0.05) is 0 Å². The van der Waals surface area contributed by atoms with Crippen LogP contribution in [-0.4, -0.2) is 42.8 Å². The zero-order valence-corrected chi connectivity index (χ0v) is 9.28. The number of rotatable bonds is 1. The van der Waals surface area contributed by atoms with Gasteiger partial charge in [-0.3, -0.25) is 0 Å². The first-order valence-corrected chi connectivity index (χ1v) is 5.81. The Kier molecular flexibility index (Phi) is 2.71. The van der Waals surface area contributed by atoms with Gasteiger partial charge in [-0.05, 0) is 0 Å². The number of fused-ring (bicyclic) bond motifs is 1. The molecule has 1 saturated heterocycles. The molecule has 5 heteroatoms. The van der Waals surface area contributed by atoms with Gasteiger partial charge < -0.3 is 15.0 Å². The first kappa shape index (κ1) is 9.99. The van der Waals surface area contributed by atoms with Gasteiger partial charge in [0.15, 0.2) is 0 Å². The molecular formula is C11H16N4O. The smallest absolute Gasteiger partial charge is 0.136 e. The van der Waals surface area contributed by atoms with Crippen molar-refractivity contribution < 1.29 is 4.74 Å². The van der Waals surface area contributed by atoms with Crippen LogP contribution < -0.4 is 10.2 Å². The number of hydrogen-bond donors (Lipinski definition) is 1. The SMILES string of the molecule is c1nc2c(c(N3CCOCC3)n1)CNCC2. The van der Waals surface area contributed by atoms with Crippen LogP contribution in [0, 0.1) is 0 Å². The molecule has 0 amide bonds. The molecule has 5 nitrogen and oxygen atoms in total. The normalized spacial score (nSPS) is 20.6. The average molecular weight is 220 g/mol. The van der Waals surface area contributed by atoms with Crippen molar-refractivity contribution >= 4 is 5.82 Å². The molecule has 16 heavy (non-hydrogen) atoms. The van der Waals surface area contributed by atoms with Crippen LogP contribution in [-0.2, 0) is 17.7 Å². The van der Waals surface area contributed by atoms with E-state index in [9.17, 15) is 0 Å². The summed E-state index contributed by atoms with van der Waals surface area (Å²) in [6, 6.07) is 0. The van der Waals surface area contributed by atoms with E-state index >= 15 is 0 Å². The Morgan fingerprint density at radius 2 is 2.12 bits per heavy atom. The first-order chi connectivity index (χ1) is 7.95. The zero-order chi connectivity index (χ0) is 10.8. The maximum absolute atomic E-state index is 5.36. The van der Waals surface area contributed by atoms with E-state index in [4.69, 9.17) is 4.74 Å². The summed E-state index contributed by atoms with van der Waals surface area (Å²) in [5.41, 5.74) is 2.48. The minimum atomic E-state index is 0.798. The Morgan fingerprint density at radius 3 is 3.00 bits per heavy atom. The highest BCUT2D eigenvalue weighted by atomic mass is 16.5. The number of hydrogen-bond acceptors (Lipinski definition) is 5. The van der Waals surface area contributed by atoms with Gasteiger partial charge in [0.2, 0.25) is 0 Å². The van der Waals surface area contributed by atoms with E-state index in [0.717, 1.165) is 51.6 Å². The lowest BCUT2D eigenvalue weighted by Crippen LogP contribution is -2.38. The van der Waals surface area contributed by atoms with Gasteiger partial charge in [-0.2, -0.15) is 0 Å². The quantitative estimate of drug-likeness (QED) is 0.719. The molecule has 0 saturated carbocycles. The lowest BCUT2D eigenvalue weighted by atomic mass is 10.1. The summed E-state index contributed by atoms with van der Waals surface area (Å²) in [7, 11) is 0. The summed E-state index contributed by atoms with van der Waals surface area (Å²) in [5.74, 6) is 1.10. The zero-order valence-electron chi connectivity index (χ0n) is 9.28. The second-order valence-corrected chi connectivity index (χ2v) is 4.15. The van der Waals surface area contributed by atoms with Crippen LogP contribution in [0.15, 0.2) is 6.33 Å². The standard InChI is InChI=1S/C11H16N4O/c1-2-12-7-9-10(1)13-8-14-11(9)15-3-5-16-6-4-15/h8,12H,1-7H2. The predicted octanol–water partition coefficient (Wildman–Crippen LogP) is -0.0411. The van der Waals surface area contributed by atoms with Gasteiger partial charge >= 0.3 is 0 Å². The molecular weight excluding hydrogens is 204 g/mol. The van der Waals surface area contributed by atoms with Crippen LogP contribution in [0.5, 0.6) is 0 Å². The minimum absolute atomic E-state index is 0.798. The van der Waals surface area contributed by atoms with Gasteiger partial charge in [0.05, 0.1) is 18.9 Å². The largest absolute Gasteiger partial charge is 0.378 e. The number of morpholine rings is 1. The summed E-state index contributed by atoms with van der Waals surface area (Å²) in [6.45, 7) is 5.38. The molecule has 86 valence electrons. The Bertz CT molecular complexity index is 376. The fraction of sp³-hybridized carbons (Fsp3) is 0.636. The Morgan fingerprint density at radius 1 is 1.25 bits per heavy atom. The summed E-state index contributed by atoms with van der Waals surface area (Å²) >= 11 is 0. The first-order valence-electron chi connectivity index (χ1n) is 5.81. The average Bonchev–Trinajstić information content (AvgIpc) is 2.39. The van der Waals surface area contributed by atoms with Crippen LogP contribution >= 0.6 is 0 Å². The van der Waals surface area contributed by atoms with Crippen molar-refractivity contribution in [2.75, 3.05) is 37.7 Å². The molecule has 3 heterocycles. The van der Waals surface area contributed by atoms with E-state index in [1.54, 1.807) is 6.33 Å². The summed E-state index contributed by atoms with van der Waals surface area (Å²) < 4.78 is 5.36. The molecule has 3 rings (SSSR count). The van der Waals surface area contributed by atoms with Crippen molar-refractivity contribution in [1.82, 2.24) is 15.3 Å². The molecule has 2 aliphatic rings. The molecule has 0 bridgehead atoms. The van der Waals surface area contributed by atoms with Crippen LogP contribution in [0.2, 0.25) is 0 Å². The lowest BCUT2D eigenvalue weighted by Gasteiger charge is -2.31. The summed E-state index contributed by atoms with van der Waals surface area (Å²) in [4.78, 5) is 11.1. The van der Waals surface area contributed by atoms with Gasteiger partial charge in [0.1, 0.15) is 12.1 Å². The second-order valence-electron chi connectivity index (χ2n) is 4.15. The molecule has 0 aliphatic carbocycles. The van der Waals surface area contributed by atoms with Gasteiger partial charge in [-0.25, -0.2) is 9.97 Å². The molecule has 0 radical (unpaired) electrons. The van der Waals surface area contributed by atoms with Crippen molar-refractivity contribution in [2.45, 2.75) is 13.0 Å². The van der Waals surface area contributed by atoms with Crippen molar-refractivity contribution in [1.29, 1.82) is 0 Å². The minimum Gasteiger partial charge on any atom is -0.378 e. The van der Waals surface area contributed by atoms with Crippen LogP contribution in [0.3, 0.4) is 0 Å². The highest BCUT2D eigenvalue weighted by Gasteiger charge is 2.20. The number of nitrogens with zero attached hydrogens (tertiary/aromatic N) is 3. The third-order valence-corrected chi connectivity index (χ3v) is 3.16. The van der Waals surface area contributed by atoms with Gasteiger partial charge in [0, 0.05) is 38.2 Å². The van der Waals surface area contributed by atoms with Crippen LogP contribution in [0.1, 0.15) is 11.3 Å². The highest BCUT2D eigenvalue weighted by molar-refractivity contribution is 5.49. The van der Waals surface area contributed by atoms with Crippen molar-refractivity contribution in [3.63, 3.8) is 0 Å². The molecule has 1 fully saturated rings. The monoisotopic (exact) mass is 220 g/mol. The Balaban J connectivity index is 1.93. The molecule has 1 N–H and O–H groups in total. The molecule has 0 unspecified atom stereocenters. The summed E-state index contributed by atoms with van der Waals surface area (Å²) in [6.07, 6.45) is 2.70. The van der Waals surface area contributed by atoms with E-state index in [0.29, 0.717) is 0 Å². The maximum atomic E-state index is 5.36. The van der Waals surface area contributed by atoms with E-state index < -0.39 is 0 Å². The van der Waals surface area contributed by atoms with Gasteiger partial charge in [-0.15, -0.1) is 0 Å². The van der Waals surface area contributed by atoms with E-state index in [-0.39, 0.29) is 0 Å². The van der Waals surface area contributed by atoms with Crippen LogP contribution in [0.4, 0.5) is 5.82 Å². The van der Waals surface area contributed by atoms with E-state index in [1.807, 2.05) is 0 Å². The number of nitrogens with one attached hydrogen (secondary N) is 1. The second kappa shape index (κ2) is 4.35. The Hall–Kier alpha value is -1.20. The van der Waals surface area contributed by atoms with Crippen LogP contribution in [0.25, 0.3) is 0 Å². The molecule has 1 aromatic heterocycles. The third kappa shape index (κ3) is 1.76. The number of anilines is 1. The lowest BCUT2D eigenvalue weighted by molar-refractivity contribution is 0.122. The maximum Gasteiger partial charge on any atom is 0.136 e. The topological polar surface area (TPSA) is 50.3 Å². The van der Waals surface area contributed by atoms with Gasteiger partial charge in [0.25, 0.3) is 0 Å². The van der Waals surface area contributed by atoms with E-state index in [2.05, 4.69) is 20.2 Å². The van der Waals surface area contributed by atoms with Crippen molar-refractivity contribution in [3.05, 3.63) is 17.6 Å². The predicted molar refractivity (Wildman–Crippen MR) is 60.5 cm³/mol. The van der Waals surface area contributed by atoms with E-state index in [1.165, 1.54) is 11.3 Å². The third-order valence-electron chi connectivity index (χ3n) is 3.16. The molecule has 2 aliphatic heterocycles. The number of aromatic nitrogens is 2. The molecule has 0 aromatic carbocycles. The fourth-order valence-corrected chi connectivity index (χ4v) is 2.30. The molecule has 0 spiro atoms. The Labute approximate surface area is 94.8 Å². The van der Waals surface area contributed by atoms with Crippen molar-refractivity contribution in [2.24, 2.45) is 0 Å². The summed E-state index contributed by atoms with van der Waals surface area (Å²) in [5, 5.41) is 3.38. The highest BCUT2D eigenvalue weighted by Crippen LogP contribution is 2.22. The fourth-order valence-electron chi connectivity index (χ4n) is 2.30. The number of ether oxygens (including phenoxy) is 1. The molecule has 1 aromatic rings.